The third-order valence-corrected chi connectivity index (χ3v) is 3.14. The van der Waals surface area contributed by atoms with E-state index >= 15 is 0 Å². The van der Waals surface area contributed by atoms with Gasteiger partial charge in [-0.05, 0) is 30.0 Å². The number of fused-ring (bicyclic) bond motifs is 1. The minimum Gasteiger partial charge on any atom is -0.508 e. The van der Waals surface area contributed by atoms with Crippen LogP contribution in [0.4, 0.5) is 0 Å². The summed E-state index contributed by atoms with van der Waals surface area (Å²) in [7, 11) is 0. The molecule has 2 rings (SSSR count). The third-order valence-electron chi connectivity index (χ3n) is 3.14. The van der Waals surface area contributed by atoms with Crippen LogP contribution < -0.4 is 5.63 Å². The molecule has 0 aliphatic carbocycles. The lowest BCUT2D eigenvalue weighted by atomic mass is 9.97. The average Bonchev–Trinajstić information content (AvgIpc) is 2.26. The molecule has 1 heterocycles. The highest BCUT2D eigenvalue weighted by atomic mass is 16.4. The maximum Gasteiger partial charge on any atom is 0.339 e. The topological polar surface area (TPSA) is 50.4 Å². The van der Waals surface area contributed by atoms with Crippen molar-refractivity contribution in [2.24, 2.45) is 0 Å². The van der Waals surface area contributed by atoms with Crippen LogP contribution >= 0.6 is 0 Å². The first kappa shape index (κ1) is 12.7. The minimum atomic E-state index is -0.315. The summed E-state index contributed by atoms with van der Waals surface area (Å²) in [4.78, 5) is 11.9. The summed E-state index contributed by atoms with van der Waals surface area (Å²) >= 11 is 0. The van der Waals surface area contributed by atoms with Gasteiger partial charge in [0.1, 0.15) is 11.3 Å². The number of rotatable bonds is 2. The van der Waals surface area contributed by atoms with E-state index in [2.05, 4.69) is 0 Å². The Balaban J connectivity index is 2.84. The second kappa shape index (κ2) is 4.48. The van der Waals surface area contributed by atoms with Crippen LogP contribution in [0.1, 0.15) is 50.7 Å². The zero-order valence-electron chi connectivity index (χ0n) is 11.2. The Bertz CT molecular complexity index is 636. The molecule has 2 aromatic rings. The molecule has 1 N–H and O–H groups in total. The van der Waals surface area contributed by atoms with Gasteiger partial charge in [-0.2, -0.15) is 0 Å². The van der Waals surface area contributed by atoms with Gasteiger partial charge in [-0.3, -0.25) is 0 Å². The Labute approximate surface area is 106 Å². The summed E-state index contributed by atoms with van der Waals surface area (Å²) in [6, 6.07) is 5.30. The van der Waals surface area contributed by atoms with Gasteiger partial charge in [0.15, 0.2) is 0 Å². The first-order valence-corrected chi connectivity index (χ1v) is 6.21. The van der Waals surface area contributed by atoms with Crippen LogP contribution in [-0.2, 0) is 0 Å². The van der Waals surface area contributed by atoms with E-state index in [4.69, 9.17) is 4.42 Å². The van der Waals surface area contributed by atoms with Crippen LogP contribution in [0.5, 0.6) is 5.75 Å². The van der Waals surface area contributed by atoms with Crippen LogP contribution in [-0.4, -0.2) is 5.11 Å². The van der Waals surface area contributed by atoms with E-state index in [1.165, 1.54) is 0 Å². The number of phenolic OH excluding ortho intramolecular Hbond substituents is 1. The highest BCUT2D eigenvalue weighted by Crippen LogP contribution is 2.33. The van der Waals surface area contributed by atoms with Gasteiger partial charge < -0.3 is 9.52 Å². The molecule has 0 fully saturated rings. The van der Waals surface area contributed by atoms with Crippen LogP contribution in [0.15, 0.2) is 27.4 Å². The lowest BCUT2D eigenvalue weighted by Crippen LogP contribution is -2.09. The Hall–Kier alpha value is -1.77. The predicted molar refractivity (Wildman–Crippen MR) is 72.3 cm³/mol. The summed E-state index contributed by atoms with van der Waals surface area (Å²) in [5.41, 5.74) is 1.55. The Kier molecular flexibility index (Phi) is 3.16. The van der Waals surface area contributed by atoms with Crippen molar-refractivity contribution in [3.8, 4) is 5.75 Å². The Morgan fingerprint density at radius 3 is 2.33 bits per heavy atom. The molecular weight excluding hydrogens is 228 g/mol. The van der Waals surface area contributed by atoms with Crippen molar-refractivity contribution in [3.63, 3.8) is 0 Å². The normalized spacial score (nSPS) is 11.7. The van der Waals surface area contributed by atoms with Gasteiger partial charge in [0, 0.05) is 16.5 Å². The summed E-state index contributed by atoms with van der Waals surface area (Å²) in [6.45, 7) is 7.85. The standard InChI is InChI=1S/C15H18O3/c1-8(2)11-7-10-5-6-12(16)13(9(3)4)14(10)18-15(11)17/h5-9,16H,1-4H3. The summed E-state index contributed by atoms with van der Waals surface area (Å²) < 4.78 is 5.41. The molecule has 1 aromatic heterocycles. The molecule has 0 unspecified atom stereocenters. The number of aromatic hydroxyl groups is 1. The van der Waals surface area contributed by atoms with E-state index in [0.717, 1.165) is 5.39 Å². The molecule has 0 spiro atoms. The van der Waals surface area contributed by atoms with Crippen molar-refractivity contribution in [1.82, 2.24) is 0 Å². The number of benzene rings is 1. The predicted octanol–water partition coefficient (Wildman–Crippen LogP) is 3.75. The Morgan fingerprint density at radius 2 is 1.78 bits per heavy atom. The van der Waals surface area contributed by atoms with Gasteiger partial charge in [-0.25, -0.2) is 4.79 Å². The lowest BCUT2D eigenvalue weighted by molar-refractivity contribution is 0.460. The van der Waals surface area contributed by atoms with Crippen molar-refractivity contribution >= 4 is 11.0 Å². The molecule has 0 saturated carbocycles. The fourth-order valence-corrected chi connectivity index (χ4v) is 2.17. The van der Waals surface area contributed by atoms with E-state index in [-0.39, 0.29) is 23.2 Å². The highest BCUT2D eigenvalue weighted by molar-refractivity contribution is 5.83. The molecule has 3 nitrogen and oxygen atoms in total. The van der Waals surface area contributed by atoms with Crippen molar-refractivity contribution in [3.05, 3.63) is 39.7 Å². The van der Waals surface area contributed by atoms with Gasteiger partial charge >= 0.3 is 5.63 Å². The number of phenols is 1. The molecule has 3 heteroatoms. The second-order valence-electron chi connectivity index (χ2n) is 5.22. The zero-order chi connectivity index (χ0) is 13.4. The van der Waals surface area contributed by atoms with Crippen molar-refractivity contribution < 1.29 is 9.52 Å². The smallest absolute Gasteiger partial charge is 0.339 e. The molecule has 0 radical (unpaired) electrons. The average molecular weight is 246 g/mol. The SMILES string of the molecule is CC(C)c1cc2ccc(O)c(C(C)C)c2oc1=O. The molecule has 0 atom stereocenters. The van der Waals surface area contributed by atoms with Crippen molar-refractivity contribution in [2.75, 3.05) is 0 Å². The van der Waals surface area contributed by atoms with Crippen LogP contribution in [0.2, 0.25) is 0 Å². The summed E-state index contributed by atoms with van der Waals surface area (Å²) in [6.07, 6.45) is 0. The van der Waals surface area contributed by atoms with Crippen molar-refractivity contribution in [2.45, 2.75) is 39.5 Å². The fourth-order valence-electron chi connectivity index (χ4n) is 2.17. The van der Waals surface area contributed by atoms with Gasteiger partial charge in [0.2, 0.25) is 0 Å². The molecular formula is C15H18O3. The third kappa shape index (κ3) is 2.01. The van der Waals surface area contributed by atoms with E-state index in [1.54, 1.807) is 12.1 Å². The Morgan fingerprint density at radius 1 is 1.11 bits per heavy atom. The molecule has 0 aliphatic heterocycles. The van der Waals surface area contributed by atoms with Gasteiger partial charge in [-0.15, -0.1) is 0 Å². The fraction of sp³-hybridized carbons (Fsp3) is 0.400. The maximum absolute atomic E-state index is 11.9. The van der Waals surface area contributed by atoms with Crippen molar-refractivity contribution in [1.29, 1.82) is 0 Å². The first-order valence-electron chi connectivity index (χ1n) is 6.21. The number of hydrogen-bond donors (Lipinski definition) is 1. The molecule has 0 aliphatic rings. The van der Waals surface area contributed by atoms with Gasteiger partial charge in [-0.1, -0.05) is 27.7 Å². The summed E-state index contributed by atoms with van der Waals surface area (Å²) in [5, 5.41) is 10.7. The van der Waals surface area contributed by atoms with E-state index in [9.17, 15) is 9.90 Å². The first-order chi connectivity index (χ1) is 8.41. The second-order valence-corrected chi connectivity index (χ2v) is 5.22. The monoisotopic (exact) mass is 246 g/mol. The maximum atomic E-state index is 11.9. The van der Waals surface area contributed by atoms with Gasteiger partial charge in [0.25, 0.3) is 0 Å². The summed E-state index contributed by atoms with van der Waals surface area (Å²) in [5.74, 6) is 0.404. The lowest BCUT2D eigenvalue weighted by Gasteiger charge is -2.12. The highest BCUT2D eigenvalue weighted by Gasteiger charge is 2.16. The largest absolute Gasteiger partial charge is 0.508 e. The van der Waals surface area contributed by atoms with E-state index in [1.807, 2.05) is 33.8 Å². The minimum absolute atomic E-state index is 0.0988. The quantitative estimate of drug-likeness (QED) is 0.821. The van der Waals surface area contributed by atoms with Crippen LogP contribution in [0.3, 0.4) is 0 Å². The zero-order valence-corrected chi connectivity index (χ0v) is 11.2. The van der Waals surface area contributed by atoms with Crippen LogP contribution in [0.25, 0.3) is 11.0 Å². The van der Waals surface area contributed by atoms with E-state index < -0.39 is 0 Å². The molecule has 96 valence electrons. The van der Waals surface area contributed by atoms with Crippen LogP contribution in [0, 0.1) is 0 Å². The molecule has 18 heavy (non-hydrogen) atoms. The molecule has 0 amide bonds. The van der Waals surface area contributed by atoms with E-state index in [0.29, 0.717) is 16.7 Å². The molecule has 0 saturated heterocycles. The molecule has 0 bridgehead atoms. The number of hydrogen-bond acceptors (Lipinski definition) is 3. The van der Waals surface area contributed by atoms with Gasteiger partial charge in [0.05, 0.1) is 0 Å². The molecule has 1 aromatic carbocycles.